The minimum atomic E-state index is -4.51. The van der Waals surface area contributed by atoms with Gasteiger partial charge in [-0.15, -0.1) is 0 Å². The Balaban J connectivity index is 1.63. The molecule has 1 aliphatic heterocycles. The van der Waals surface area contributed by atoms with Crippen molar-refractivity contribution in [3.63, 3.8) is 0 Å². The van der Waals surface area contributed by atoms with Gasteiger partial charge in [0.25, 0.3) is 5.91 Å². The zero-order chi connectivity index (χ0) is 29.9. The van der Waals surface area contributed by atoms with E-state index in [-0.39, 0.29) is 52.1 Å². The maximum Gasteiger partial charge on any atom is 0.406 e. The second kappa shape index (κ2) is 12.0. The summed E-state index contributed by atoms with van der Waals surface area (Å²) in [6, 6.07) is 4.82. The SMILES string of the molecule is COc1cc(S(C)(=O)=O)c(F)cc1NCC#Cc1cc(C(=O)N[C@H]2CCNC[C@@H]2C)c2ncn(CC(F)(F)F)c2c1. The summed E-state index contributed by atoms with van der Waals surface area (Å²) in [5.74, 6) is 4.44. The van der Waals surface area contributed by atoms with Crippen LogP contribution in [0.5, 0.6) is 5.75 Å². The third kappa shape index (κ3) is 7.28. The van der Waals surface area contributed by atoms with E-state index in [1.165, 1.54) is 19.2 Å². The minimum absolute atomic E-state index is 0.0536. The summed E-state index contributed by atoms with van der Waals surface area (Å²) in [4.78, 5) is 16.9. The molecule has 0 bridgehead atoms. The number of ether oxygens (including phenoxy) is 1. The number of sulfone groups is 1. The number of nitrogens with zero attached hydrogens (tertiary/aromatic N) is 2. The number of anilines is 1. The Morgan fingerprint density at radius 1 is 1.27 bits per heavy atom. The number of piperidine rings is 1. The number of hydrogen-bond acceptors (Lipinski definition) is 7. The smallest absolute Gasteiger partial charge is 0.406 e. The molecule has 2 aromatic carbocycles. The summed E-state index contributed by atoms with van der Waals surface area (Å²) in [6.07, 6.45) is -1.88. The number of carbonyl (C=O) groups excluding carboxylic acids is 1. The van der Waals surface area contributed by atoms with Gasteiger partial charge in [0.15, 0.2) is 9.84 Å². The van der Waals surface area contributed by atoms with E-state index in [0.717, 1.165) is 42.4 Å². The fraction of sp³-hybridized carbons (Fsp3) is 0.407. The third-order valence-electron chi connectivity index (χ3n) is 6.67. The molecule has 0 saturated carbocycles. The van der Waals surface area contributed by atoms with E-state index in [9.17, 15) is 30.8 Å². The van der Waals surface area contributed by atoms with Gasteiger partial charge in [0.05, 0.1) is 36.7 Å². The number of fused-ring (bicyclic) bond motifs is 1. The zero-order valence-electron chi connectivity index (χ0n) is 22.5. The Morgan fingerprint density at radius 3 is 2.68 bits per heavy atom. The van der Waals surface area contributed by atoms with Crippen LogP contribution >= 0.6 is 0 Å². The highest BCUT2D eigenvalue weighted by molar-refractivity contribution is 7.90. The molecule has 1 saturated heterocycles. The first-order valence-electron chi connectivity index (χ1n) is 12.6. The van der Waals surface area contributed by atoms with Gasteiger partial charge in [-0.25, -0.2) is 17.8 Å². The molecular weight excluding hydrogens is 566 g/mol. The van der Waals surface area contributed by atoms with Crippen LogP contribution in [-0.4, -0.2) is 69.1 Å². The molecule has 9 nitrogen and oxygen atoms in total. The Labute approximate surface area is 234 Å². The van der Waals surface area contributed by atoms with Crippen molar-refractivity contribution in [2.45, 2.75) is 37.0 Å². The lowest BCUT2D eigenvalue weighted by Gasteiger charge is -2.30. The molecule has 0 aliphatic carbocycles. The van der Waals surface area contributed by atoms with Crippen LogP contribution in [0.3, 0.4) is 0 Å². The molecule has 0 spiro atoms. The predicted octanol–water partition coefficient (Wildman–Crippen LogP) is 3.34. The molecule has 2 atom stereocenters. The van der Waals surface area contributed by atoms with Gasteiger partial charge in [-0.2, -0.15) is 13.2 Å². The first-order valence-corrected chi connectivity index (χ1v) is 14.5. The van der Waals surface area contributed by atoms with Gasteiger partial charge in [-0.1, -0.05) is 18.8 Å². The summed E-state index contributed by atoms with van der Waals surface area (Å²) in [7, 11) is -2.52. The van der Waals surface area contributed by atoms with Crippen molar-refractivity contribution >= 4 is 32.5 Å². The fourth-order valence-electron chi connectivity index (χ4n) is 4.61. The van der Waals surface area contributed by atoms with Gasteiger partial charge < -0.3 is 25.3 Å². The van der Waals surface area contributed by atoms with Crippen molar-refractivity contribution in [1.29, 1.82) is 0 Å². The van der Waals surface area contributed by atoms with Gasteiger partial charge >= 0.3 is 6.18 Å². The van der Waals surface area contributed by atoms with Crippen molar-refractivity contribution in [3.8, 4) is 17.6 Å². The molecule has 3 aromatic rings. The van der Waals surface area contributed by atoms with E-state index in [1.807, 2.05) is 6.92 Å². The number of benzene rings is 2. The second-order valence-corrected chi connectivity index (χ2v) is 11.8. The molecule has 1 aromatic heterocycles. The monoisotopic (exact) mass is 595 g/mol. The van der Waals surface area contributed by atoms with E-state index in [1.54, 1.807) is 0 Å². The number of methoxy groups -OCH3 is 1. The molecule has 220 valence electrons. The molecule has 0 unspecified atom stereocenters. The van der Waals surface area contributed by atoms with E-state index in [4.69, 9.17) is 4.74 Å². The van der Waals surface area contributed by atoms with Gasteiger partial charge in [0.1, 0.15) is 28.5 Å². The molecule has 41 heavy (non-hydrogen) atoms. The van der Waals surface area contributed by atoms with Crippen LogP contribution in [0, 0.1) is 23.6 Å². The first kappa shape index (κ1) is 30.1. The number of carbonyl (C=O) groups is 1. The largest absolute Gasteiger partial charge is 0.495 e. The van der Waals surface area contributed by atoms with E-state index >= 15 is 0 Å². The number of imidazole rings is 1. The highest BCUT2D eigenvalue weighted by atomic mass is 32.2. The lowest BCUT2D eigenvalue weighted by Crippen LogP contribution is -2.48. The highest BCUT2D eigenvalue weighted by Gasteiger charge is 2.30. The van der Waals surface area contributed by atoms with Gasteiger partial charge in [0, 0.05) is 30.0 Å². The van der Waals surface area contributed by atoms with Crippen molar-refractivity contribution < 1.29 is 35.5 Å². The average molecular weight is 596 g/mol. The maximum atomic E-state index is 14.4. The van der Waals surface area contributed by atoms with E-state index in [0.29, 0.717) is 6.42 Å². The molecule has 1 aliphatic rings. The summed E-state index contributed by atoms with van der Waals surface area (Å²) in [6.45, 7) is 2.11. The Morgan fingerprint density at radius 2 is 2.02 bits per heavy atom. The normalized spacial score (nSPS) is 17.5. The van der Waals surface area contributed by atoms with Crippen LogP contribution in [0.15, 0.2) is 35.5 Å². The van der Waals surface area contributed by atoms with Crippen LogP contribution in [0.2, 0.25) is 0 Å². The number of aromatic nitrogens is 2. The molecule has 4 rings (SSSR count). The quantitative estimate of drug-likeness (QED) is 0.284. The Hall–Kier alpha value is -3.83. The summed E-state index contributed by atoms with van der Waals surface area (Å²) in [5, 5.41) is 9.07. The van der Waals surface area contributed by atoms with Crippen molar-refractivity contribution in [2.24, 2.45) is 5.92 Å². The summed E-state index contributed by atoms with van der Waals surface area (Å²) >= 11 is 0. The number of halogens is 4. The maximum absolute atomic E-state index is 14.4. The predicted molar refractivity (Wildman–Crippen MR) is 145 cm³/mol. The lowest BCUT2D eigenvalue weighted by atomic mass is 9.95. The van der Waals surface area contributed by atoms with Crippen molar-refractivity contribution in [2.75, 3.05) is 38.3 Å². The molecule has 3 N–H and O–H groups in total. The van der Waals surface area contributed by atoms with Crippen LogP contribution in [0.4, 0.5) is 23.2 Å². The highest BCUT2D eigenvalue weighted by Crippen LogP contribution is 2.30. The minimum Gasteiger partial charge on any atom is -0.495 e. The van der Waals surface area contributed by atoms with Gasteiger partial charge in [-0.05, 0) is 37.6 Å². The Bertz CT molecular complexity index is 1630. The molecule has 14 heteroatoms. The number of amides is 1. The molecule has 0 radical (unpaired) electrons. The summed E-state index contributed by atoms with van der Waals surface area (Å²) in [5.41, 5.74) is 0.763. The standard InChI is InChI=1S/C27H29F4N5O4S/c1-16-13-32-8-6-20(16)35-26(37)18-9-17(10-22-25(18)34-15-36(22)14-27(29,30)31)5-4-7-33-21-11-19(28)24(41(3,38)39)12-23(21)40-2/h9-12,15-16,20,32-33H,6-8,13-14H2,1-3H3,(H,35,37)/t16-,20-/m0/s1. The number of nitrogens with one attached hydrogen (secondary N) is 3. The molecule has 1 amide bonds. The second-order valence-electron chi connectivity index (χ2n) is 9.84. The number of rotatable bonds is 7. The third-order valence-corrected chi connectivity index (χ3v) is 7.79. The zero-order valence-corrected chi connectivity index (χ0v) is 23.3. The van der Waals surface area contributed by atoms with Crippen molar-refractivity contribution in [3.05, 3.63) is 47.5 Å². The van der Waals surface area contributed by atoms with E-state index in [2.05, 4.69) is 32.8 Å². The fourth-order valence-corrected chi connectivity index (χ4v) is 5.35. The van der Waals surface area contributed by atoms with Crippen molar-refractivity contribution in [1.82, 2.24) is 20.2 Å². The molecule has 2 heterocycles. The molecule has 1 fully saturated rings. The average Bonchev–Trinajstić information content (AvgIpc) is 3.27. The van der Waals surface area contributed by atoms with E-state index < -0.39 is 39.2 Å². The summed E-state index contributed by atoms with van der Waals surface area (Å²) < 4.78 is 83.7. The number of alkyl halides is 3. The Kier molecular flexibility index (Phi) is 8.79. The van der Waals surface area contributed by atoms with Crippen LogP contribution < -0.4 is 20.7 Å². The van der Waals surface area contributed by atoms with Crippen LogP contribution in [0.25, 0.3) is 11.0 Å². The van der Waals surface area contributed by atoms with Gasteiger partial charge in [0.2, 0.25) is 0 Å². The lowest BCUT2D eigenvalue weighted by molar-refractivity contribution is -0.139. The van der Waals surface area contributed by atoms with Gasteiger partial charge in [-0.3, -0.25) is 4.79 Å². The van der Waals surface area contributed by atoms with Crippen LogP contribution in [-0.2, 0) is 16.4 Å². The first-order chi connectivity index (χ1) is 19.3. The number of hydrogen-bond donors (Lipinski definition) is 3. The molecular formula is C27H29F4N5O4S. The van der Waals surface area contributed by atoms with Crippen LogP contribution in [0.1, 0.15) is 29.3 Å². The topological polar surface area (TPSA) is 114 Å².